The topological polar surface area (TPSA) is 49.5 Å². The van der Waals surface area contributed by atoms with Crippen molar-refractivity contribution in [3.8, 4) is 0 Å². The van der Waals surface area contributed by atoms with Crippen LogP contribution in [0.5, 0.6) is 0 Å². The second kappa shape index (κ2) is 2.64. The van der Waals surface area contributed by atoms with Crippen LogP contribution >= 0.6 is 0 Å². The molecule has 0 radical (unpaired) electrons. The molecule has 0 bridgehead atoms. The summed E-state index contributed by atoms with van der Waals surface area (Å²) in [5, 5.41) is 8.85. The fourth-order valence-electron chi connectivity index (χ4n) is 1.10. The lowest BCUT2D eigenvalue weighted by Gasteiger charge is -2.36. The van der Waals surface area contributed by atoms with Crippen molar-refractivity contribution in [3.05, 3.63) is 0 Å². The molecule has 1 atom stereocenters. The molecule has 1 saturated heterocycles. The predicted octanol–water partition coefficient (Wildman–Crippen LogP) is -0.990. The summed E-state index contributed by atoms with van der Waals surface area (Å²) in [4.78, 5) is 2.15. The Hall–Kier alpha value is -0.120. The molecule has 0 amide bonds. The van der Waals surface area contributed by atoms with Crippen molar-refractivity contribution in [2.75, 3.05) is 19.6 Å². The zero-order valence-corrected chi connectivity index (χ0v) is 5.75. The van der Waals surface area contributed by atoms with Crippen molar-refractivity contribution in [1.29, 1.82) is 0 Å². The van der Waals surface area contributed by atoms with Crippen LogP contribution < -0.4 is 5.73 Å². The highest BCUT2D eigenvalue weighted by Crippen LogP contribution is 2.06. The van der Waals surface area contributed by atoms with Gasteiger partial charge in [0.25, 0.3) is 0 Å². The molecule has 0 aromatic heterocycles. The van der Waals surface area contributed by atoms with Gasteiger partial charge in [-0.1, -0.05) is 0 Å². The number of hydrogen-bond acceptors (Lipinski definition) is 3. The molecule has 3 nitrogen and oxygen atoms in total. The van der Waals surface area contributed by atoms with E-state index in [9.17, 15) is 0 Å². The third kappa shape index (κ3) is 1.93. The first kappa shape index (κ1) is 6.99. The second-order valence-electron chi connectivity index (χ2n) is 2.85. The smallest absolute Gasteiger partial charge is 0.0793 e. The number of aliphatic hydroxyl groups is 1. The van der Waals surface area contributed by atoms with Gasteiger partial charge in [-0.05, 0) is 6.92 Å². The highest BCUT2D eigenvalue weighted by Gasteiger charge is 2.23. The van der Waals surface area contributed by atoms with Crippen molar-refractivity contribution < 1.29 is 5.11 Å². The van der Waals surface area contributed by atoms with Crippen LogP contribution in [-0.2, 0) is 0 Å². The summed E-state index contributed by atoms with van der Waals surface area (Å²) in [6, 6.07) is 0.234. The van der Waals surface area contributed by atoms with Crippen molar-refractivity contribution >= 4 is 0 Å². The van der Waals surface area contributed by atoms with E-state index in [1.807, 2.05) is 6.92 Å². The summed E-state index contributed by atoms with van der Waals surface area (Å²) in [6.45, 7) is 4.50. The Morgan fingerprint density at radius 1 is 1.78 bits per heavy atom. The van der Waals surface area contributed by atoms with Gasteiger partial charge in [0.2, 0.25) is 0 Å². The van der Waals surface area contributed by atoms with E-state index in [1.54, 1.807) is 0 Å². The molecule has 1 fully saturated rings. The highest BCUT2D eigenvalue weighted by atomic mass is 16.3. The Morgan fingerprint density at radius 2 is 2.33 bits per heavy atom. The first-order chi connectivity index (χ1) is 4.18. The molecule has 0 aliphatic carbocycles. The van der Waals surface area contributed by atoms with E-state index in [0.717, 1.165) is 19.6 Å². The third-order valence-corrected chi connectivity index (χ3v) is 1.48. The van der Waals surface area contributed by atoms with Gasteiger partial charge in [-0.25, -0.2) is 0 Å². The Kier molecular flexibility index (Phi) is 2.05. The van der Waals surface area contributed by atoms with Crippen LogP contribution in [0.1, 0.15) is 6.92 Å². The summed E-state index contributed by atoms with van der Waals surface area (Å²) in [5.41, 5.74) is 5.52. The average Bonchev–Trinajstić information content (AvgIpc) is 1.60. The SMILES string of the molecule is C[C@@H](N)CN1CC(O)C1. The summed E-state index contributed by atoms with van der Waals surface area (Å²) < 4.78 is 0. The van der Waals surface area contributed by atoms with Gasteiger partial charge in [-0.3, -0.25) is 4.90 Å². The molecule has 1 aliphatic rings. The summed E-state index contributed by atoms with van der Waals surface area (Å²) in [6.07, 6.45) is -0.0938. The van der Waals surface area contributed by atoms with Crippen LogP contribution in [0.25, 0.3) is 0 Å². The molecule has 1 aliphatic heterocycles. The van der Waals surface area contributed by atoms with Gasteiger partial charge < -0.3 is 10.8 Å². The predicted molar refractivity (Wildman–Crippen MR) is 36.1 cm³/mol. The normalized spacial score (nSPS) is 25.7. The van der Waals surface area contributed by atoms with Gasteiger partial charge in [-0.2, -0.15) is 0 Å². The van der Waals surface area contributed by atoms with Crippen LogP contribution in [-0.4, -0.2) is 41.8 Å². The zero-order valence-electron chi connectivity index (χ0n) is 5.75. The fraction of sp³-hybridized carbons (Fsp3) is 1.00. The molecule has 9 heavy (non-hydrogen) atoms. The lowest BCUT2D eigenvalue weighted by atomic mass is 10.1. The average molecular weight is 130 g/mol. The first-order valence-corrected chi connectivity index (χ1v) is 3.34. The van der Waals surface area contributed by atoms with Crippen LogP contribution in [0.2, 0.25) is 0 Å². The Balaban J connectivity index is 2.04. The largest absolute Gasteiger partial charge is 0.390 e. The van der Waals surface area contributed by atoms with E-state index >= 15 is 0 Å². The van der Waals surface area contributed by atoms with Crippen LogP contribution in [0.15, 0.2) is 0 Å². The summed E-state index contributed by atoms with van der Waals surface area (Å²) in [7, 11) is 0. The molecular formula is C6H14N2O. The van der Waals surface area contributed by atoms with E-state index in [1.165, 1.54) is 0 Å². The molecule has 0 saturated carbocycles. The lowest BCUT2D eigenvalue weighted by molar-refractivity contribution is 0.000127. The monoisotopic (exact) mass is 130 g/mol. The lowest BCUT2D eigenvalue weighted by Crippen LogP contribution is -2.53. The number of nitrogens with zero attached hydrogens (tertiary/aromatic N) is 1. The number of β-amino-alcohol motifs (C(OH)–C–C–N with tert-alkyl or cyclic N) is 1. The van der Waals surface area contributed by atoms with E-state index in [0.29, 0.717) is 0 Å². The molecule has 0 aromatic rings. The third-order valence-electron chi connectivity index (χ3n) is 1.48. The maximum atomic E-state index is 8.85. The molecule has 0 aromatic carbocycles. The summed E-state index contributed by atoms with van der Waals surface area (Å²) in [5.74, 6) is 0. The van der Waals surface area contributed by atoms with Crippen molar-refractivity contribution in [3.63, 3.8) is 0 Å². The molecule has 54 valence electrons. The molecule has 3 N–H and O–H groups in total. The summed E-state index contributed by atoms with van der Waals surface area (Å²) >= 11 is 0. The van der Waals surface area contributed by atoms with E-state index in [2.05, 4.69) is 4.90 Å². The number of likely N-dealkylation sites (tertiary alicyclic amines) is 1. The number of aliphatic hydroxyl groups excluding tert-OH is 1. The van der Waals surface area contributed by atoms with Crippen LogP contribution in [0.4, 0.5) is 0 Å². The minimum Gasteiger partial charge on any atom is -0.390 e. The van der Waals surface area contributed by atoms with Crippen molar-refractivity contribution in [1.82, 2.24) is 4.90 Å². The van der Waals surface area contributed by atoms with Gasteiger partial charge in [0.15, 0.2) is 0 Å². The second-order valence-corrected chi connectivity index (χ2v) is 2.85. The molecule has 3 heteroatoms. The van der Waals surface area contributed by atoms with Gasteiger partial charge in [0.1, 0.15) is 0 Å². The van der Waals surface area contributed by atoms with Crippen molar-refractivity contribution in [2.45, 2.75) is 19.1 Å². The van der Waals surface area contributed by atoms with E-state index in [-0.39, 0.29) is 12.1 Å². The molecule has 1 rings (SSSR count). The first-order valence-electron chi connectivity index (χ1n) is 3.34. The van der Waals surface area contributed by atoms with Gasteiger partial charge in [0.05, 0.1) is 6.10 Å². The zero-order chi connectivity index (χ0) is 6.85. The van der Waals surface area contributed by atoms with Crippen molar-refractivity contribution in [2.24, 2.45) is 5.73 Å². The van der Waals surface area contributed by atoms with E-state index in [4.69, 9.17) is 10.8 Å². The van der Waals surface area contributed by atoms with Gasteiger partial charge in [0, 0.05) is 25.7 Å². The Labute approximate surface area is 55.5 Å². The molecule has 0 spiro atoms. The number of hydrogen-bond donors (Lipinski definition) is 2. The molecular weight excluding hydrogens is 116 g/mol. The Morgan fingerprint density at radius 3 is 2.67 bits per heavy atom. The van der Waals surface area contributed by atoms with Gasteiger partial charge >= 0.3 is 0 Å². The van der Waals surface area contributed by atoms with Gasteiger partial charge in [-0.15, -0.1) is 0 Å². The number of nitrogens with two attached hydrogens (primary N) is 1. The molecule has 1 heterocycles. The standard InChI is InChI=1S/C6H14N2O/c1-5(7)2-8-3-6(9)4-8/h5-6,9H,2-4,7H2,1H3/t5-/m1/s1. The highest BCUT2D eigenvalue weighted by molar-refractivity contribution is 4.80. The van der Waals surface area contributed by atoms with E-state index < -0.39 is 0 Å². The Bertz CT molecular complexity index is 89.1. The minimum absolute atomic E-state index is 0.0938. The quantitative estimate of drug-likeness (QED) is 0.504. The van der Waals surface area contributed by atoms with Crippen LogP contribution in [0, 0.1) is 0 Å². The molecule has 0 unspecified atom stereocenters. The maximum absolute atomic E-state index is 8.85. The fourth-order valence-corrected chi connectivity index (χ4v) is 1.10. The maximum Gasteiger partial charge on any atom is 0.0793 e. The van der Waals surface area contributed by atoms with Crippen LogP contribution in [0.3, 0.4) is 0 Å². The number of rotatable bonds is 2. The minimum atomic E-state index is -0.0938.